The van der Waals surface area contributed by atoms with E-state index in [0.29, 0.717) is 13.2 Å². The van der Waals surface area contributed by atoms with Crippen LogP contribution in [0.2, 0.25) is 5.25 Å². The standard InChI is InChI=1S/C31H35GeIO2S/c1-5-34-20-21-35-29-16-10-26(11-17-29)18-19-32(27-12-6-23(2)7-13-27,28-14-8-24(3)9-15-28)31-25(4)22-30(33)36-31/h6-17,22H,5,18-21H2,1-4H3. The van der Waals surface area contributed by atoms with Crippen molar-refractivity contribution >= 4 is 59.7 Å². The molecule has 0 saturated heterocycles. The van der Waals surface area contributed by atoms with Gasteiger partial charge in [0.2, 0.25) is 0 Å². The van der Waals surface area contributed by atoms with Crippen LogP contribution in [-0.4, -0.2) is 33.1 Å². The molecule has 0 N–H and O–H groups in total. The summed E-state index contributed by atoms with van der Waals surface area (Å²) in [5, 5.41) is 1.17. The van der Waals surface area contributed by atoms with E-state index in [1.165, 1.54) is 30.4 Å². The van der Waals surface area contributed by atoms with Gasteiger partial charge in [-0.05, 0) is 0 Å². The second-order valence-electron chi connectivity index (χ2n) is 9.39. The number of hydrogen-bond acceptors (Lipinski definition) is 3. The molecular formula is C31H35GeIO2S. The summed E-state index contributed by atoms with van der Waals surface area (Å²) in [6.45, 7) is 10.6. The molecular weight excluding hydrogens is 636 g/mol. The molecule has 36 heavy (non-hydrogen) atoms. The van der Waals surface area contributed by atoms with Crippen LogP contribution in [0.5, 0.6) is 5.75 Å². The van der Waals surface area contributed by atoms with E-state index in [2.05, 4.69) is 122 Å². The fourth-order valence-electron chi connectivity index (χ4n) is 4.82. The van der Waals surface area contributed by atoms with Crippen molar-refractivity contribution in [2.45, 2.75) is 39.4 Å². The van der Waals surface area contributed by atoms with Crippen LogP contribution in [-0.2, 0) is 11.2 Å². The van der Waals surface area contributed by atoms with E-state index in [1.807, 2.05) is 18.3 Å². The van der Waals surface area contributed by atoms with Gasteiger partial charge in [0, 0.05) is 0 Å². The Bertz CT molecular complexity index is 1200. The first-order chi connectivity index (χ1) is 17.4. The number of thiophene rings is 1. The Balaban J connectivity index is 1.72. The van der Waals surface area contributed by atoms with Crippen molar-refractivity contribution in [3.05, 3.63) is 104 Å². The van der Waals surface area contributed by atoms with Crippen LogP contribution in [0.1, 0.15) is 29.2 Å². The van der Waals surface area contributed by atoms with Crippen LogP contribution in [0.4, 0.5) is 0 Å². The fourth-order valence-corrected chi connectivity index (χ4v) is 21.2. The number of halogens is 1. The van der Waals surface area contributed by atoms with Crippen molar-refractivity contribution in [2.75, 3.05) is 19.8 Å². The normalized spacial score (nSPS) is 11.6. The van der Waals surface area contributed by atoms with Crippen LogP contribution in [0, 0.1) is 23.7 Å². The maximum atomic E-state index is 5.84. The quantitative estimate of drug-likeness (QED) is 0.104. The molecule has 0 aliphatic rings. The van der Waals surface area contributed by atoms with Crippen molar-refractivity contribution in [2.24, 2.45) is 0 Å². The van der Waals surface area contributed by atoms with Crippen molar-refractivity contribution in [3.63, 3.8) is 0 Å². The molecule has 4 rings (SSSR count). The van der Waals surface area contributed by atoms with Crippen molar-refractivity contribution in [3.8, 4) is 5.75 Å². The van der Waals surface area contributed by atoms with Crippen LogP contribution in [0.25, 0.3) is 0 Å². The van der Waals surface area contributed by atoms with E-state index >= 15 is 0 Å². The molecule has 0 atom stereocenters. The molecule has 1 aromatic heterocycles. The number of aryl methyl sites for hydroxylation is 4. The van der Waals surface area contributed by atoms with Gasteiger partial charge in [-0.3, -0.25) is 0 Å². The predicted octanol–water partition coefficient (Wildman–Crippen LogP) is 6.41. The number of hydrogen-bond donors (Lipinski definition) is 0. The molecule has 0 fully saturated rings. The fraction of sp³-hybridized carbons (Fsp3) is 0.290. The Morgan fingerprint density at radius 2 is 1.36 bits per heavy atom. The third-order valence-corrected chi connectivity index (χ3v) is 21.1. The van der Waals surface area contributed by atoms with Gasteiger partial charge in [0.25, 0.3) is 0 Å². The van der Waals surface area contributed by atoms with E-state index in [0.717, 1.165) is 18.8 Å². The van der Waals surface area contributed by atoms with Crippen molar-refractivity contribution < 1.29 is 9.47 Å². The van der Waals surface area contributed by atoms with Crippen molar-refractivity contribution in [1.82, 2.24) is 0 Å². The zero-order valence-corrected chi connectivity index (χ0v) is 26.7. The van der Waals surface area contributed by atoms with Gasteiger partial charge in [-0.2, -0.15) is 0 Å². The molecule has 0 saturated carbocycles. The van der Waals surface area contributed by atoms with Gasteiger partial charge >= 0.3 is 238 Å². The Kier molecular flexibility index (Phi) is 9.73. The molecule has 0 bridgehead atoms. The Morgan fingerprint density at radius 3 is 1.86 bits per heavy atom. The zero-order chi connectivity index (χ0) is 25.5. The molecule has 188 valence electrons. The van der Waals surface area contributed by atoms with E-state index in [9.17, 15) is 0 Å². The summed E-state index contributed by atoms with van der Waals surface area (Å²) in [4.78, 5) is 0. The molecule has 4 aromatic rings. The molecule has 5 heteroatoms. The van der Waals surface area contributed by atoms with Crippen LogP contribution in [0.3, 0.4) is 0 Å². The number of ether oxygens (including phenoxy) is 2. The Morgan fingerprint density at radius 1 is 0.778 bits per heavy atom. The third kappa shape index (κ3) is 6.44. The molecule has 0 aliphatic carbocycles. The summed E-state index contributed by atoms with van der Waals surface area (Å²) in [6, 6.07) is 29.9. The molecule has 2 nitrogen and oxygen atoms in total. The van der Waals surface area contributed by atoms with Gasteiger partial charge < -0.3 is 0 Å². The van der Waals surface area contributed by atoms with Gasteiger partial charge in [-0.1, -0.05) is 0 Å². The van der Waals surface area contributed by atoms with Crippen molar-refractivity contribution in [1.29, 1.82) is 0 Å². The molecule has 0 radical (unpaired) electrons. The summed E-state index contributed by atoms with van der Waals surface area (Å²) in [6.07, 6.45) is 1.05. The first kappa shape index (κ1) is 27.4. The predicted molar refractivity (Wildman–Crippen MR) is 166 cm³/mol. The van der Waals surface area contributed by atoms with E-state index in [4.69, 9.17) is 9.47 Å². The number of rotatable bonds is 11. The number of benzene rings is 3. The summed E-state index contributed by atoms with van der Waals surface area (Å²) in [7, 11) is 0. The van der Waals surface area contributed by atoms with E-state index in [1.54, 1.807) is 12.5 Å². The molecule has 0 spiro atoms. The maximum absolute atomic E-state index is 5.84. The van der Waals surface area contributed by atoms with Gasteiger partial charge in [-0.25, -0.2) is 0 Å². The molecule has 3 aromatic carbocycles. The van der Waals surface area contributed by atoms with Crippen LogP contribution in [0.15, 0.2) is 78.9 Å². The molecule has 1 heterocycles. The summed E-state index contributed by atoms with van der Waals surface area (Å²) >= 11 is 1.54. The van der Waals surface area contributed by atoms with Gasteiger partial charge in [0.15, 0.2) is 0 Å². The minimum absolute atomic E-state index is 0.586. The van der Waals surface area contributed by atoms with Crippen LogP contribution >= 0.6 is 33.9 Å². The second-order valence-corrected chi connectivity index (χ2v) is 21.4. The molecule has 0 aliphatic heterocycles. The molecule has 0 amide bonds. The van der Waals surface area contributed by atoms with Gasteiger partial charge in [0.05, 0.1) is 0 Å². The first-order valence-electron chi connectivity index (χ1n) is 12.6. The van der Waals surface area contributed by atoms with Crippen LogP contribution < -0.4 is 17.2 Å². The summed E-state index contributed by atoms with van der Waals surface area (Å²) in [5.41, 5.74) is 5.45. The SMILES string of the molecule is CCOCCOc1ccc(C[CH2][Ge]([c]2ccc(C)cc2)([c]2ccc(C)cc2)[c]2sc(I)cc2C)cc1. The topological polar surface area (TPSA) is 18.5 Å². The second kappa shape index (κ2) is 12.8. The monoisotopic (exact) mass is 672 g/mol. The molecule has 0 unspecified atom stereocenters. The van der Waals surface area contributed by atoms with Gasteiger partial charge in [0.1, 0.15) is 0 Å². The summed E-state index contributed by atoms with van der Waals surface area (Å²) < 4.78 is 17.3. The first-order valence-corrected chi connectivity index (χ1v) is 19.1. The minimum atomic E-state index is -2.97. The average Bonchev–Trinajstić information content (AvgIpc) is 3.23. The third-order valence-electron chi connectivity index (χ3n) is 6.78. The van der Waals surface area contributed by atoms with E-state index in [-0.39, 0.29) is 0 Å². The van der Waals surface area contributed by atoms with E-state index < -0.39 is 13.3 Å². The van der Waals surface area contributed by atoms with Gasteiger partial charge in [-0.15, -0.1) is 0 Å². The average molecular weight is 671 g/mol. The Labute approximate surface area is 236 Å². The zero-order valence-electron chi connectivity index (χ0n) is 21.6. The summed E-state index contributed by atoms with van der Waals surface area (Å²) in [5.74, 6) is 0.909. The Hall–Kier alpha value is -1.61.